The fraction of sp³-hybridized carbons (Fsp3) is 0.882. The number of nitrogens with zero attached hydrogens (tertiary/aromatic N) is 2. The van der Waals surface area contributed by atoms with E-state index in [0.29, 0.717) is 19.4 Å². The highest BCUT2D eigenvalue weighted by atomic mass is 16.3. The standard InChI is InChI=1S/C17H28N2O3/c20-14-5-1-8-17(14)9-4-12-19(13-17)16(22)7-3-11-18-10-2-6-15(18)21/h14,20H,1-13H2/t14-,17+/m1/s1. The van der Waals surface area contributed by atoms with E-state index in [4.69, 9.17) is 0 Å². The molecule has 0 radical (unpaired) electrons. The van der Waals surface area contributed by atoms with Gasteiger partial charge in [-0.05, 0) is 38.5 Å². The molecule has 1 spiro atoms. The lowest BCUT2D eigenvalue weighted by Crippen LogP contribution is -2.49. The van der Waals surface area contributed by atoms with E-state index in [9.17, 15) is 14.7 Å². The number of piperidine rings is 1. The van der Waals surface area contributed by atoms with Gasteiger partial charge in [-0.1, -0.05) is 6.42 Å². The molecule has 0 unspecified atom stereocenters. The van der Waals surface area contributed by atoms with E-state index in [1.807, 2.05) is 9.80 Å². The zero-order chi connectivity index (χ0) is 15.6. The molecular weight excluding hydrogens is 280 g/mol. The number of likely N-dealkylation sites (tertiary alicyclic amines) is 2. The van der Waals surface area contributed by atoms with Crippen molar-refractivity contribution in [1.82, 2.24) is 9.80 Å². The Hall–Kier alpha value is -1.10. The van der Waals surface area contributed by atoms with Crippen LogP contribution < -0.4 is 0 Å². The van der Waals surface area contributed by atoms with Crippen LogP contribution in [0.15, 0.2) is 0 Å². The summed E-state index contributed by atoms with van der Waals surface area (Å²) in [4.78, 5) is 27.8. The van der Waals surface area contributed by atoms with Gasteiger partial charge in [0.1, 0.15) is 0 Å². The lowest BCUT2D eigenvalue weighted by atomic mass is 9.76. The molecule has 3 rings (SSSR count). The minimum atomic E-state index is -0.231. The molecule has 0 bridgehead atoms. The third-order valence-electron chi connectivity index (χ3n) is 5.81. The predicted octanol–water partition coefficient (Wildman–Crippen LogP) is 1.54. The highest BCUT2D eigenvalue weighted by Gasteiger charge is 2.45. The molecule has 3 aliphatic rings. The summed E-state index contributed by atoms with van der Waals surface area (Å²) in [5.74, 6) is 0.434. The fourth-order valence-corrected chi connectivity index (χ4v) is 4.49. The lowest BCUT2D eigenvalue weighted by molar-refractivity contribution is -0.137. The molecule has 2 saturated heterocycles. The van der Waals surface area contributed by atoms with Crippen LogP contribution in [0.2, 0.25) is 0 Å². The van der Waals surface area contributed by atoms with Gasteiger partial charge in [0, 0.05) is 44.4 Å². The summed E-state index contributed by atoms with van der Waals surface area (Å²) in [6.45, 7) is 3.13. The smallest absolute Gasteiger partial charge is 0.222 e. The molecule has 1 N–H and O–H groups in total. The van der Waals surface area contributed by atoms with Crippen molar-refractivity contribution in [3.05, 3.63) is 0 Å². The molecule has 124 valence electrons. The Morgan fingerprint density at radius 3 is 2.73 bits per heavy atom. The van der Waals surface area contributed by atoms with E-state index in [0.717, 1.165) is 64.6 Å². The Bertz CT molecular complexity index is 440. The number of carbonyl (C=O) groups excluding carboxylic acids is 2. The van der Waals surface area contributed by atoms with Crippen molar-refractivity contribution in [2.75, 3.05) is 26.2 Å². The van der Waals surface area contributed by atoms with Crippen LogP contribution in [0.5, 0.6) is 0 Å². The van der Waals surface area contributed by atoms with Crippen molar-refractivity contribution in [2.24, 2.45) is 5.41 Å². The maximum absolute atomic E-state index is 12.4. The van der Waals surface area contributed by atoms with Gasteiger partial charge in [0.05, 0.1) is 6.10 Å². The summed E-state index contributed by atoms with van der Waals surface area (Å²) in [5, 5.41) is 10.3. The van der Waals surface area contributed by atoms with Gasteiger partial charge < -0.3 is 14.9 Å². The second-order valence-electron chi connectivity index (χ2n) is 7.28. The molecule has 0 aromatic rings. The Kier molecular flexibility index (Phi) is 4.71. The summed E-state index contributed by atoms with van der Waals surface area (Å²) in [5.41, 5.74) is -0.0289. The normalized spacial score (nSPS) is 32.2. The van der Waals surface area contributed by atoms with Gasteiger partial charge in [0.15, 0.2) is 0 Å². The number of amides is 2. The third kappa shape index (κ3) is 3.14. The number of carbonyl (C=O) groups is 2. The number of rotatable bonds is 4. The largest absolute Gasteiger partial charge is 0.392 e. The highest BCUT2D eigenvalue weighted by molar-refractivity contribution is 5.78. The molecule has 5 heteroatoms. The van der Waals surface area contributed by atoms with Gasteiger partial charge in [-0.15, -0.1) is 0 Å². The molecule has 22 heavy (non-hydrogen) atoms. The van der Waals surface area contributed by atoms with Gasteiger partial charge in [-0.2, -0.15) is 0 Å². The van der Waals surface area contributed by atoms with E-state index in [-0.39, 0.29) is 23.3 Å². The Labute approximate surface area is 132 Å². The molecule has 1 aliphatic carbocycles. The summed E-state index contributed by atoms with van der Waals surface area (Å²) in [7, 11) is 0. The van der Waals surface area contributed by atoms with Gasteiger partial charge in [-0.3, -0.25) is 9.59 Å². The minimum Gasteiger partial charge on any atom is -0.392 e. The van der Waals surface area contributed by atoms with Crippen molar-refractivity contribution in [3.63, 3.8) is 0 Å². The van der Waals surface area contributed by atoms with Crippen molar-refractivity contribution in [1.29, 1.82) is 0 Å². The number of hydrogen-bond acceptors (Lipinski definition) is 3. The van der Waals surface area contributed by atoms with Crippen LogP contribution in [0.1, 0.15) is 57.8 Å². The van der Waals surface area contributed by atoms with Crippen molar-refractivity contribution >= 4 is 11.8 Å². The van der Waals surface area contributed by atoms with Gasteiger partial charge in [0.25, 0.3) is 0 Å². The average Bonchev–Trinajstić information content (AvgIpc) is 3.07. The molecule has 2 amide bonds. The first-order valence-corrected chi connectivity index (χ1v) is 8.84. The Morgan fingerprint density at radius 2 is 2.05 bits per heavy atom. The Balaban J connectivity index is 1.46. The van der Waals surface area contributed by atoms with E-state index >= 15 is 0 Å². The van der Waals surface area contributed by atoms with Gasteiger partial charge in [0.2, 0.25) is 11.8 Å². The minimum absolute atomic E-state index is 0.0289. The van der Waals surface area contributed by atoms with Crippen LogP contribution in [-0.2, 0) is 9.59 Å². The average molecular weight is 308 g/mol. The maximum Gasteiger partial charge on any atom is 0.222 e. The van der Waals surface area contributed by atoms with E-state index in [1.165, 1.54) is 0 Å². The SMILES string of the molecule is O=C1CCCN1CCCC(=O)N1CCC[C@@]2(CCC[C@H]2O)C1. The summed E-state index contributed by atoms with van der Waals surface area (Å²) < 4.78 is 0. The van der Waals surface area contributed by atoms with Crippen LogP contribution in [0, 0.1) is 5.41 Å². The van der Waals surface area contributed by atoms with Crippen LogP contribution >= 0.6 is 0 Å². The second-order valence-corrected chi connectivity index (χ2v) is 7.28. The number of hydrogen-bond donors (Lipinski definition) is 1. The first-order valence-electron chi connectivity index (χ1n) is 8.84. The Morgan fingerprint density at radius 1 is 1.23 bits per heavy atom. The molecule has 3 fully saturated rings. The highest BCUT2D eigenvalue weighted by Crippen LogP contribution is 2.45. The third-order valence-corrected chi connectivity index (χ3v) is 5.81. The molecule has 2 aliphatic heterocycles. The molecule has 1 saturated carbocycles. The molecular formula is C17H28N2O3. The number of aliphatic hydroxyl groups is 1. The van der Waals surface area contributed by atoms with Crippen LogP contribution in [0.3, 0.4) is 0 Å². The first-order chi connectivity index (χ1) is 10.6. The monoisotopic (exact) mass is 308 g/mol. The topological polar surface area (TPSA) is 60.9 Å². The van der Waals surface area contributed by atoms with Crippen molar-refractivity contribution < 1.29 is 14.7 Å². The lowest BCUT2D eigenvalue weighted by Gasteiger charge is -2.42. The summed E-state index contributed by atoms with van der Waals surface area (Å²) >= 11 is 0. The molecule has 2 atom stereocenters. The molecule has 2 heterocycles. The first kappa shape index (κ1) is 15.8. The second kappa shape index (κ2) is 6.57. The van der Waals surface area contributed by atoms with E-state index < -0.39 is 0 Å². The van der Waals surface area contributed by atoms with Gasteiger partial charge >= 0.3 is 0 Å². The van der Waals surface area contributed by atoms with E-state index in [2.05, 4.69) is 0 Å². The van der Waals surface area contributed by atoms with Gasteiger partial charge in [-0.25, -0.2) is 0 Å². The zero-order valence-electron chi connectivity index (χ0n) is 13.4. The van der Waals surface area contributed by atoms with Crippen molar-refractivity contribution in [2.45, 2.75) is 63.9 Å². The van der Waals surface area contributed by atoms with Crippen LogP contribution in [-0.4, -0.2) is 59.0 Å². The summed E-state index contributed by atoms with van der Waals surface area (Å²) in [6.07, 6.45) is 7.77. The fourth-order valence-electron chi connectivity index (χ4n) is 4.49. The maximum atomic E-state index is 12.4. The zero-order valence-corrected chi connectivity index (χ0v) is 13.4. The molecule has 5 nitrogen and oxygen atoms in total. The van der Waals surface area contributed by atoms with E-state index in [1.54, 1.807) is 0 Å². The quantitative estimate of drug-likeness (QED) is 0.857. The summed E-state index contributed by atoms with van der Waals surface area (Å²) in [6, 6.07) is 0. The molecule has 0 aromatic carbocycles. The van der Waals surface area contributed by atoms with Crippen LogP contribution in [0.4, 0.5) is 0 Å². The molecule has 0 aromatic heterocycles. The van der Waals surface area contributed by atoms with Crippen LogP contribution in [0.25, 0.3) is 0 Å². The number of aliphatic hydroxyl groups excluding tert-OH is 1. The van der Waals surface area contributed by atoms with Crippen molar-refractivity contribution in [3.8, 4) is 0 Å². The predicted molar refractivity (Wildman–Crippen MR) is 83.2 cm³/mol.